The molecule has 0 radical (unpaired) electrons. The van der Waals surface area contributed by atoms with Crippen LogP contribution < -0.4 is 14.4 Å². The van der Waals surface area contributed by atoms with Crippen LogP contribution in [0.25, 0.3) is 0 Å². The molecule has 0 saturated carbocycles. The number of anilines is 2. The fourth-order valence-electron chi connectivity index (χ4n) is 3.17. The summed E-state index contributed by atoms with van der Waals surface area (Å²) in [6, 6.07) is 10.2. The minimum Gasteiger partial charge on any atom is -0.435 e. The summed E-state index contributed by atoms with van der Waals surface area (Å²) < 4.78 is 53.8. The highest BCUT2D eigenvalue weighted by Gasteiger charge is 2.32. The standard InChI is InChI=1S/C18H18F2N2O4S/c1-11-9-13-10-12(3-8-16(13)22(11)27(2,24)25)17(23)21-14-4-6-15(7-5-14)26-18(19)20/h3-8,10-11,18H,9H2,1-2H3,(H,21,23)/t11-/m1/s1. The number of fused-ring (bicyclic) bond motifs is 1. The fraction of sp³-hybridized carbons (Fsp3) is 0.278. The molecule has 0 unspecified atom stereocenters. The van der Waals surface area contributed by atoms with E-state index in [9.17, 15) is 22.0 Å². The second kappa shape index (κ2) is 7.15. The predicted molar refractivity (Wildman–Crippen MR) is 98.0 cm³/mol. The highest BCUT2D eigenvalue weighted by molar-refractivity contribution is 7.92. The molecule has 0 fully saturated rings. The van der Waals surface area contributed by atoms with Crippen molar-refractivity contribution in [2.24, 2.45) is 0 Å². The van der Waals surface area contributed by atoms with Crippen LogP contribution in [0.1, 0.15) is 22.8 Å². The molecule has 3 rings (SSSR count). The van der Waals surface area contributed by atoms with Crippen molar-refractivity contribution in [1.82, 2.24) is 0 Å². The quantitative estimate of drug-likeness (QED) is 0.842. The van der Waals surface area contributed by atoms with E-state index < -0.39 is 16.6 Å². The second-order valence-corrected chi connectivity index (χ2v) is 8.17. The number of rotatable bonds is 5. The first kappa shape index (κ1) is 19.1. The van der Waals surface area contributed by atoms with Crippen LogP contribution in [-0.2, 0) is 16.4 Å². The van der Waals surface area contributed by atoms with E-state index in [1.165, 1.54) is 28.6 Å². The van der Waals surface area contributed by atoms with Gasteiger partial charge in [-0.25, -0.2) is 8.42 Å². The molecule has 144 valence electrons. The molecule has 0 spiro atoms. The third kappa shape index (κ3) is 4.19. The zero-order valence-electron chi connectivity index (χ0n) is 14.6. The lowest BCUT2D eigenvalue weighted by Gasteiger charge is -2.21. The third-order valence-electron chi connectivity index (χ3n) is 4.19. The molecular weight excluding hydrogens is 378 g/mol. The summed E-state index contributed by atoms with van der Waals surface area (Å²) in [6.07, 6.45) is 1.67. The summed E-state index contributed by atoms with van der Waals surface area (Å²) in [5.41, 5.74) is 2.16. The molecule has 1 N–H and O–H groups in total. The van der Waals surface area contributed by atoms with E-state index in [0.717, 1.165) is 11.8 Å². The SMILES string of the molecule is C[C@@H]1Cc2cc(C(=O)Nc3ccc(OC(F)F)cc3)ccc2N1S(C)(=O)=O. The highest BCUT2D eigenvalue weighted by Crippen LogP contribution is 2.34. The Hall–Kier alpha value is -2.68. The number of benzene rings is 2. The normalized spacial score (nSPS) is 16.3. The third-order valence-corrected chi connectivity index (χ3v) is 5.46. The van der Waals surface area contributed by atoms with Crippen LogP contribution in [0.3, 0.4) is 0 Å². The van der Waals surface area contributed by atoms with Crippen LogP contribution in [-0.4, -0.2) is 33.2 Å². The van der Waals surface area contributed by atoms with E-state index in [-0.39, 0.29) is 17.7 Å². The molecule has 1 atom stereocenters. The summed E-state index contributed by atoms with van der Waals surface area (Å²) in [4.78, 5) is 12.4. The van der Waals surface area contributed by atoms with Gasteiger partial charge in [-0.2, -0.15) is 8.78 Å². The number of carbonyl (C=O) groups excluding carboxylic acids is 1. The minimum atomic E-state index is -3.39. The predicted octanol–water partition coefficient (Wildman–Crippen LogP) is 3.25. The zero-order valence-corrected chi connectivity index (χ0v) is 15.5. The monoisotopic (exact) mass is 396 g/mol. The number of hydrogen-bond donors (Lipinski definition) is 1. The zero-order chi connectivity index (χ0) is 19.8. The number of nitrogens with zero attached hydrogens (tertiary/aromatic N) is 1. The smallest absolute Gasteiger partial charge is 0.387 e. The highest BCUT2D eigenvalue weighted by atomic mass is 32.2. The molecule has 1 aliphatic rings. The first-order valence-corrected chi connectivity index (χ1v) is 9.98. The van der Waals surface area contributed by atoms with Gasteiger partial charge in [0.05, 0.1) is 11.9 Å². The molecule has 0 aliphatic carbocycles. The maximum absolute atomic E-state index is 12.4. The molecule has 0 bridgehead atoms. The topological polar surface area (TPSA) is 75.7 Å². The van der Waals surface area contributed by atoms with Crippen LogP contribution in [0.5, 0.6) is 5.75 Å². The van der Waals surface area contributed by atoms with Crippen molar-refractivity contribution in [3.63, 3.8) is 0 Å². The van der Waals surface area contributed by atoms with Gasteiger partial charge in [-0.05, 0) is 61.4 Å². The second-order valence-electron chi connectivity index (χ2n) is 6.31. The Morgan fingerprint density at radius 1 is 1.22 bits per heavy atom. The van der Waals surface area contributed by atoms with Gasteiger partial charge < -0.3 is 10.1 Å². The van der Waals surface area contributed by atoms with Gasteiger partial charge in [0.2, 0.25) is 10.0 Å². The maximum Gasteiger partial charge on any atom is 0.387 e. The summed E-state index contributed by atoms with van der Waals surface area (Å²) in [7, 11) is -3.39. The summed E-state index contributed by atoms with van der Waals surface area (Å²) in [6.45, 7) is -1.10. The number of sulfonamides is 1. The molecule has 6 nitrogen and oxygen atoms in total. The van der Waals surface area contributed by atoms with E-state index in [1.807, 2.05) is 6.92 Å². The van der Waals surface area contributed by atoms with Gasteiger partial charge in [0, 0.05) is 17.3 Å². The molecule has 2 aromatic rings. The van der Waals surface area contributed by atoms with Crippen molar-refractivity contribution < 1.29 is 26.7 Å². The summed E-state index contributed by atoms with van der Waals surface area (Å²) in [5, 5.41) is 2.67. The minimum absolute atomic E-state index is 0.00427. The Balaban J connectivity index is 1.76. The Labute approximate surface area is 155 Å². The van der Waals surface area contributed by atoms with Crippen molar-refractivity contribution in [1.29, 1.82) is 0 Å². The van der Waals surface area contributed by atoms with Crippen molar-refractivity contribution in [2.45, 2.75) is 26.0 Å². The average Bonchev–Trinajstić information content (AvgIpc) is 2.91. The number of nitrogens with one attached hydrogen (secondary N) is 1. The first-order chi connectivity index (χ1) is 12.6. The lowest BCUT2D eigenvalue weighted by atomic mass is 10.1. The molecule has 0 aromatic heterocycles. The lowest BCUT2D eigenvalue weighted by molar-refractivity contribution is -0.0498. The van der Waals surface area contributed by atoms with Crippen LogP contribution >= 0.6 is 0 Å². The van der Waals surface area contributed by atoms with E-state index in [4.69, 9.17) is 0 Å². The average molecular weight is 396 g/mol. The Bertz CT molecular complexity index is 962. The Morgan fingerprint density at radius 3 is 2.48 bits per heavy atom. The fourth-order valence-corrected chi connectivity index (χ4v) is 4.44. The molecule has 9 heteroatoms. The van der Waals surface area contributed by atoms with Crippen LogP contribution in [0.2, 0.25) is 0 Å². The first-order valence-electron chi connectivity index (χ1n) is 8.13. The van der Waals surface area contributed by atoms with Gasteiger partial charge in [-0.1, -0.05) is 0 Å². The molecule has 1 aliphatic heterocycles. The summed E-state index contributed by atoms with van der Waals surface area (Å²) in [5.74, 6) is -0.388. The van der Waals surface area contributed by atoms with Gasteiger partial charge in [0.25, 0.3) is 5.91 Å². The Morgan fingerprint density at radius 2 is 1.89 bits per heavy atom. The lowest BCUT2D eigenvalue weighted by Crippen LogP contribution is -2.34. The number of alkyl halides is 2. The molecule has 1 amide bonds. The number of hydrogen-bond acceptors (Lipinski definition) is 4. The van der Waals surface area contributed by atoms with Gasteiger partial charge in [0.1, 0.15) is 5.75 Å². The van der Waals surface area contributed by atoms with Gasteiger partial charge in [0.15, 0.2) is 0 Å². The number of carbonyl (C=O) groups is 1. The van der Waals surface area contributed by atoms with E-state index >= 15 is 0 Å². The molecule has 1 heterocycles. The molecule has 0 saturated heterocycles. The number of amides is 1. The maximum atomic E-state index is 12.4. The number of halogens is 2. The molecule has 27 heavy (non-hydrogen) atoms. The van der Waals surface area contributed by atoms with Crippen molar-refractivity contribution in [3.8, 4) is 5.75 Å². The van der Waals surface area contributed by atoms with Crippen molar-refractivity contribution >= 4 is 27.3 Å². The van der Waals surface area contributed by atoms with Gasteiger partial charge in [-0.3, -0.25) is 9.10 Å². The van der Waals surface area contributed by atoms with E-state index in [1.54, 1.807) is 18.2 Å². The molecular formula is C18H18F2N2O4S. The van der Waals surface area contributed by atoms with Crippen LogP contribution in [0, 0.1) is 0 Å². The largest absolute Gasteiger partial charge is 0.435 e. The summed E-state index contributed by atoms with van der Waals surface area (Å²) >= 11 is 0. The van der Waals surface area contributed by atoms with Crippen molar-refractivity contribution in [3.05, 3.63) is 53.6 Å². The van der Waals surface area contributed by atoms with Crippen LogP contribution in [0.4, 0.5) is 20.2 Å². The van der Waals surface area contributed by atoms with Crippen LogP contribution in [0.15, 0.2) is 42.5 Å². The van der Waals surface area contributed by atoms with E-state index in [0.29, 0.717) is 23.4 Å². The van der Waals surface area contributed by atoms with Gasteiger partial charge >= 0.3 is 6.61 Å². The van der Waals surface area contributed by atoms with Crippen molar-refractivity contribution in [2.75, 3.05) is 15.9 Å². The van der Waals surface area contributed by atoms with Gasteiger partial charge in [-0.15, -0.1) is 0 Å². The van der Waals surface area contributed by atoms with E-state index in [2.05, 4.69) is 10.1 Å². The molecule has 2 aromatic carbocycles. The number of ether oxygens (including phenoxy) is 1. The Kier molecular flexibility index (Phi) is 5.05.